The van der Waals surface area contributed by atoms with Crippen molar-refractivity contribution >= 4 is 17.6 Å². The number of carbonyl (C=O) groups is 2. The van der Waals surface area contributed by atoms with Crippen LogP contribution in [0.4, 0.5) is 10.5 Å². The molecule has 0 atom stereocenters. The molecular weight excluding hydrogens is 302 g/mol. The van der Waals surface area contributed by atoms with E-state index in [9.17, 15) is 9.59 Å². The average Bonchev–Trinajstić information content (AvgIpc) is 3.05. The molecule has 0 bridgehead atoms. The first-order valence-corrected chi connectivity index (χ1v) is 8.21. The minimum absolute atomic E-state index is 0.0829. The third-order valence-electron chi connectivity index (χ3n) is 4.07. The predicted molar refractivity (Wildman–Crippen MR) is 94.3 cm³/mol. The normalized spacial score (nSPS) is 13.7. The van der Waals surface area contributed by atoms with E-state index >= 15 is 0 Å². The monoisotopic (exact) mass is 323 g/mol. The van der Waals surface area contributed by atoms with Gasteiger partial charge in [0, 0.05) is 30.9 Å². The minimum Gasteiger partial charge on any atom is -0.352 e. The SMILES string of the molecule is O=C(NCCCc1ccccc1)c1ccc(N2CCNC2=O)cc1. The smallest absolute Gasteiger partial charge is 0.321 e. The van der Waals surface area contributed by atoms with E-state index < -0.39 is 0 Å². The van der Waals surface area contributed by atoms with Gasteiger partial charge in [0.1, 0.15) is 0 Å². The Morgan fingerprint density at radius 1 is 1.08 bits per heavy atom. The number of hydrogen-bond donors (Lipinski definition) is 2. The Balaban J connectivity index is 1.47. The summed E-state index contributed by atoms with van der Waals surface area (Å²) < 4.78 is 0. The van der Waals surface area contributed by atoms with Gasteiger partial charge in [-0.1, -0.05) is 30.3 Å². The lowest BCUT2D eigenvalue weighted by Gasteiger charge is -2.14. The molecule has 2 aromatic rings. The molecule has 0 radical (unpaired) electrons. The van der Waals surface area contributed by atoms with Crippen molar-refractivity contribution in [2.24, 2.45) is 0 Å². The third kappa shape index (κ3) is 3.93. The summed E-state index contributed by atoms with van der Waals surface area (Å²) in [4.78, 5) is 25.4. The van der Waals surface area contributed by atoms with Crippen LogP contribution in [0.5, 0.6) is 0 Å². The van der Waals surface area contributed by atoms with Gasteiger partial charge in [-0.05, 0) is 42.7 Å². The van der Waals surface area contributed by atoms with E-state index in [1.807, 2.05) is 30.3 Å². The van der Waals surface area contributed by atoms with Crippen molar-refractivity contribution < 1.29 is 9.59 Å². The average molecular weight is 323 g/mol. The highest BCUT2D eigenvalue weighted by Gasteiger charge is 2.21. The maximum Gasteiger partial charge on any atom is 0.321 e. The summed E-state index contributed by atoms with van der Waals surface area (Å²) >= 11 is 0. The fourth-order valence-electron chi connectivity index (χ4n) is 2.75. The Morgan fingerprint density at radius 2 is 1.83 bits per heavy atom. The molecule has 3 rings (SSSR count). The van der Waals surface area contributed by atoms with Crippen LogP contribution in [0.1, 0.15) is 22.3 Å². The van der Waals surface area contributed by atoms with Crippen LogP contribution in [0.15, 0.2) is 54.6 Å². The standard InChI is InChI=1S/C19H21N3O2/c23-18(20-12-4-7-15-5-2-1-3-6-15)16-8-10-17(11-9-16)22-14-13-21-19(22)24/h1-3,5-6,8-11H,4,7,12-14H2,(H,20,23)(H,21,24). The third-order valence-corrected chi connectivity index (χ3v) is 4.07. The van der Waals surface area contributed by atoms with Gasteiger partial charge in [-0.3, -0.25) is 9.69 Å². The fourth-order valence-corrected chi connectivity index (χ4v) is 2.75. The summed E-state index contributed by atoms with van der Waals surface area (Å²) in [6.45, 7) is 1.95. The number of amides is 3. The summed E-state index contributed by atoms with van der Waals surface area (Å²) in [6.07, 6.45) is 1.85. The van der Waals surface area contributed by atoms with Crippen LogP contribution < -0.4 is 15.5 Å². The molecule has 0 unspecified atom stereocenters. The van der Waals surface area contributed by atoms with Gasteiger partial charge in [0.05, 0.1) is 0 Å². The van der Waals surface area contributed by atoms with Crippen molar-refractivity contribution in [2.75, 3.05) is 24.5 Å². The highest BCUT2D eigenvalue weighted by atomic mass is 16.2. The van der Waals surface area contributed by atoms with E-state index in [2.05, 4.69) is 22.8 Å². The summed E-state index contributed by atoms with van der Waals surface area (Å²) in [5.74, 6) is -0.0829. The van der Waals surface area contributed by atoms with Gasteiger partial charge >= 0.3 is 6.03 Å². The van der Waals surface area contributed by atoms with E-state index in [-0.39, 0.29) is 11.9 Å². The van der Waals surface area contributed by atoms with E-state index in [0.29, 0.717) is 25.2 Å². The Labute approximate surface area is 141 Å². The number of anilines is 1. The number of nitrogens with one attached hydrogen (secondary N) is 2. The van der Waals surface area contributed by atoms with Gasteiger partial charge in [-0.2, -0.15) is 0 Å². The first kappa shape index (κ1) is 16.1. The molecule has 0 spiro atoms. The van der Waals surface area contributed by atoms with Crippen LogP contribution in [0.2, 0.25) is 0 Å². The first-order chi connectivity index (χ1) is 11.7. The zero-order chi connectivity index (χ0) is 16.8. The van der Waals surface area contributed by atoms with E-state index in [0.717, 1.165) is 18.5 Å². The maximum atomic E-state index is 12.1. The number of carbonyl (C=O) groups excluding carboxylic acids is 2. The Morgan fingerprint density at radius 3 is 2.50 bits per heavy atom. The van der Waals surface area contributed by atoms with Crippen molar-refractivity contribution in [3.63, 3.8) is 0 Å². The molecule has 2 aromatic carbocycles. The molecule has 1 saturated heterocycles. The molecule has 1 heterocycles. The molecule has 124 valence electrons. The Bertz CT molecular complexity index is 698. The van der Waals surface area contributed by atoms with Gasteiger partial charge in [0.15, 0.2) is 0 Å². The quantitative estimate of drug-likeness (QED) is 0.803. The lowest BCUT2D eigenvalue weighted by atomic mass is 10.1. The lowest BCUT2D eigenvalue weighted by molar-refractivity contribution is 0.0953. The van der Waals surface area contributed by atoms with Crippen LogP contribution in [0, 0.1) is 0 Å². The van der Waals surface area contributed by atoms with Crippen LogP contribution in [-0.2, 0) is 6.42 Å². The van der Waals surface area contributed by atoms with E-state index in [1.54, 1.807) is 17.0 Å². The number of urea groups is 1. The zero-order valence-corrected chi connectivity index (χ0v) is 13.5. The highest BCUT2D eigenvalue weighted by Crippen LogP contribution is 2.17. The maximum absolute atomic E-state index is 12.1. The molecule has 24 heavy (non-hydrogen) atoms. The molecular formula is C19H21N3O2. The molecule has 0 aromatic heterocycles. The number of rotatable bonds is 6. The fraction of sp³-hybridized carbons (Fsp3) is 0.263. The van der Waals surface area contributed by atoms with Crippen molar-refractivity contribution in [3.8, 4) is 0 Å². The first-order valence-electron chi connectivity index (χ1n) is 8.21. The molecule has 1 fully saturated rings. The molecule has 1 aliphatic rings. The van der Waals surface area contributed by atoms with Crippen LogP contribution in [-0.4, -0.2) is 31.6 Å². The second-order valence-electron chi connectivity index (χ2n) is 5.78. The van der Waals surface area contributed by atoms with Crippen molar-refractivity contribution in [3.05, 3.63) is 65.7 Å². The largest absolute Gasteiger partial charge is 0.352 e. The summed E-state index contributed by atoms with van der Waals surface area (Å²) in [7, 11) is 0. The zero-order valence-electron chi connectivity index (χ0n) is 13.5. The van der Waals surface area contributed by atoms with Crippen molar-refractivity contribution in [2.45, 2.75) is 12.8 Å². The second-order valence-corrected chi connectivity index (χ2v) is 5.78. The number of aryl methyl sites for hydroxylation is 1. The summed E-state index contributed by atoms with van der Waals surface area (Å²) in [5, 5.41) is 5.70. The molecule has 3 amide bonds. The van der Waals surface area contributed by atoms with Gasteiger partial charge in [-0.25, -0.2) is 4.79 Å². The molecule has 1 aliphatic heterocycles. The number of benzene rings is 2. The van der Waals surface area contributed by atoms with Crippen molar-refractivity contribution in [1.29, 1.82) is 0 Å². The lowest BCUT2D eigenvalue weighted by Crippen LogP contribution is -2.28. The minimum atomic E-state index is -0.0897. The molecule has 0 aliphatic carbocycles. The Hall–Kier alpha value is -2.82. The van der Waals surface area contributed by atoms with Gasteiger partial charge in [-0.15, -0.1) is 0 Å². The van der Waals surface area contributed by atoms with E-state index in [4.69, 9.17) is 0 Å². The summed E-state index contributed by atoms with van der Waals surface area (Å²) in [5.41, 5.74) is 2.70. The molecule has 2 N–H and O–H groups in total. The summed E-state index contributed by atoms with van der Waals surface area (Å²) in [6, 6.07) is 17.3. The molecule has 0 saturated carbocycles. The second kappa shape index (κ2) is 7.64. The molecule has 5 heteroatoms. The topological polar surface area (TPSA) is 61.4 Å². The van der Waals surface area contributed by atoms with Gasteiger partial charge < -0.3 is 10.6 Å². The van der Waals surface area contributed by atoms with Crippen molar-refractivity contribution in [1.82, 2.24) is 10.6 Å². The predicted octanol–water partition coefficient (Wildman–Crippen LogP) is 2.58. The number of nitrogens with zero attached hydrogens (tertiary/aromatic N) is 1. The number of hydrogen-bond acceptors (Lipinski definition) is 2. The van der Waals surface area contributed by atoms with Gasteiger partial charge in [0.2, 0.25) is 0 Å². The van der Waals surface area contributed by atoms with Crippen LogP contribution in [0.25, 0.3) is 0 Å². The van der Waals surface area contributed by atoms with Gasteiger partial charge in [0.25, 0.3) is 5.91 Å². The van der Waals surface area contributed by atoms with E-state index in [1.165, 1.54) is 5.56 Å². The van der Waals surface area contributed by atoms with Crippen LogP contribution in [0.3, 0.4) is 0 Å². The molecule has 5 nitrogen and oxygen atoms in total. The Kier molecular flexibility index (Phi) is 5.11. The van der Waals surface area contributed by atoms with Crippen LogP contribution >= 0.6 is 0 Å². The highest BCUT2D eigenvalue weighted by molar-refractivity contribution is 5.96.